The summed E-state index contributed by atoms with van der Waals surface area (Å²) < 4.78 is 22.4. The van der Waals surface area contributed by atoms with Crippen molar-refractivity contribution in [3.05, 3.63) is 41.5 Å². The van der Waals surface area contributed by atoms with E-state index in [1.165, 1.54) is 0 Å². The molecule has 3 aromatic rings. The van der Waals surface area contributed by atoms with Crippen LogP contribution in [-0.4, -0.2) is 50.3 Å². The first-order valence-corrected chi connectivity index (χ1v) is 11.3. The maximum atomic E-state index is 13.1. The zero-order valence-corrected chi connectivity index (χ0v) is 20.6. The summed E-state index contributed by atoms with van der Waals surface area (Å²) in [6.45, 7) is 5.86. The lowest BCUT2D eigenvalue weighted by atomic mass is 9.84. The van der Waals surface area contributed by atoms with E-state index in [0.717, 1.165) is 44.7 Å². The zero-order chi connectivity index (χ0) is 24.6. The number of carbonyl (C=O) groups is 2. The van der Waals surface area contributed by atoms with E-state index in [4.69, 9.17) is 18.9 Å². The molecule has 0 saturated carbocycles. The third-order valence-electron chi connectivity index (χ3n) is 6.26. The molecule has 0 aromatic heterocycles. The standard InChI is InChI=1S/C27H31NO6/c1-27(2,3)34-26(30)28-15-23-18-8-7-17(31-4)12-20(18)22-14-25(33-6)24(32-5)13-21(22)19(23)11-16(28)9-10-29/h7-8,10,12-14,16H,9,11,15H2,1-6H3. The number of aldehydes is 1. The van der Waals surface area contributed by atoms with Crippen LogP contribution >= 0.6 is 0 Å². The second-order valence-corrected chi connectivity index (χ2v) is 9.49. The Morgan fingerprint density at radius 2 is 1.59 bits per heavy atom. The highest BCUT2D eigenvalue weighted by atomic mass is 16.6. The normalized spacial score (nSPS) is 15.7. The first-order valence-electron chi connectivity index (χ1n) is 11.3. The van der Waals surface area contributed by atoms with Crippen molar-refractivity contribution in [3.63, 3.8) is 0 Å². The zero-order valence-electron chi connectivity index (χ0n) is 20.6. The maximum absolute atomic E-state index is 13.1. The molecule has 0 radical (unpaired) electrons. The Morgan fingerprint density at radius 1 is 0.941 bits per heavy atom. The number of methoxy groups -OCH3 is 3. The molecule has 1 unspecified atom stereocenters. The highest BCUT2D eigenvalue weighted by molar-refractivity contribution is 6.12. The number of hydrogen-bond donors (Lipinski definition) is 0. The molecule has 1 heterocycles. The number of nitrogens with zero attached hydrogens (tertiary/aromatic N) is 1. The topological polar surface area (TPSA) is 74.3 Å². The van der Waals surface area contributed by atoms with Gasteiger partial charge in [-0.3, -0.25) is 0 Å². The van der Waals surface area contributed by atoms with Crippen molar-refractivity contribution in [2.45, 2.75) is 51.8 Å². The van der Waals surface area contributed by atoms with Gasteiger partial charge in [-0.15, -0.1) is 0 Å². The van der Waals surface area contributed by atoms with Crippen molar-refractivity contribution in [2.75, 3.05) is 21.3 Å². The highest BCUT2D eigenvalue weighted by Gasteiger charge is 2.35. The molecule has 0 fully saturated rings. The fourth-order valence-electron chi connectivity index (χ4n) is 4.73. The molecule has 34 heavy (non-hydrogen) atoms. The minimum Gasteiger partial charge on any atom is -0.497 e. The Morgan fingerprint density at radius 3 is 2.18 bits per heavy atom. The summed E-state index contributed by atoms with van der Waals surface area (Å²) in [7, 11) is 4.86. The van der Waals surface area contributed by atoms with Gasteiger partial charge in [-0.25, -0.2) is 4.79 Å². The SMILES string of the molecule is COc1ccc2c3c(c4cc(OC)c(OC)cc4c2c1)CC(CC=O)N(C(=O)OC(C)(C)C)C3. The average Bonchev–Trinajstić information content (AvgIpc) is 2.81. The van der Waals surface area contributed by atoms with Gasteiger partial charge in [0.25, 0.3) is 0 Å². The van der Waals surface area contributed by atoms with Gasteiger partial charge >= 0.3 is 6.09 Å². The molecule has 0 spiro atoms. The second-order valence-electron chi connectivity index (χ2n) is 9.49. The molecule has 7 nitrogen and oxygen atoms in total. The summed E-state index contributed by atoms with van der Waals surface area (Å²) in [5, 5.41) is 4.02. The predicted molar refractivity (Wildman–Crippen MR) is 131 cm³/mol. The van der Waals surface area contributed by atoms with Crippen molar-refractivity contribution < 1.29 is 28.5 Å². The van der Waals surface area contributed by atoms with Crippen LogP contribution in [0, 0.1) is 0 Å². The lowest BCUT2D eigenvalue weighted by Gasteiger charge is -2.38. The van der Waals surface area contributed by atoms with E-state index in [0.29, 0.717) is 24.5 Å². The fourth-order valence-corrected chi connectivity index (χ4v) is 4.73. The van der Waals surface area contributed by atoms with Crippen LogP contribution in [0.1, 0.15) is 38.3 Å². The molecule has 4 rings (SSSR count). The lowest BCUT2D eigenvalue weighted by Crippen LogP contribution is -2.46. The molecular formula is C27H31NO6. The summed E-state index contributed by atoms with van der Waals surface area (Å²) >= 11 is 0. The number of ether oxygens (including phenoxy) is 4. The van der Waals surface area contributed by atoms with Crippen molar-refractivity contribution >= 4 is 33.9 Å². The summed E-state index contributed by atoms with van der Waals surface area (Å²) in [4.78, 5) is 26.3. The minimum absolute atomic E-state index is 0.230. The molecule has 180 valence electrons. The van der Waals surface area contributed by atoms with Crippen LogP contribution in [0.5, 0.6) is 17.2 Å². The monoisotopic (exact) mass is 465 g/mol. The summed E-state index contributed by atoms with van der Waals surface area (Å²) in [6, 6.07) is 9.60. The van der Waals surface area contributed by atoms with Gasteiger partial charge in [0.2, 0.25) is 0 Å². The molecule has 0 saturated heterocycles. The third kappa shape index (κ3) is 4.22. The molecule has 0 aliphatic carbocycles. The van der Waals surface area contributed by atoms with E-state index >= 15 is 0 Å². The van der Waals surface area contributed by atoms with Crippen LogP contribution in [0.15, 0.2) is 30.3 Å². The van der Waals surface area contributed by atoms with E-state index in [-0.39, 0.29) is 12.5 Å². The van der Waals surface area contributed by atoms with Crippen LogP contribution in [0.4, 0.5) is 4.79 Å². The number of rotatable bonds is 5. The average molecular weight is 466 g/mol. The van der Waals surface area contributed by atoms with Crippen molar-refractivity contribution in [1.29, 1.82) is 0 Å². The minimum atomic E-state index is -0.633. The molecule has 1 aliphatic heterocycles. The lowest BCUT2D eigenvalue weighted by molar-refractivity contribution is -0.109. The molecule has 0 bridgehead atoms. The van der Waals surface area contributed by atoms with E-state index in [1.807, 2.05) is 51.1 Å². The van der Waals surface area contributed by atoms with E-state index in [1.54, 1.807) is 26.2 Å². The summed E-state index contributed by atoms with van der Waals surface area (Å²) in [6.07, 6.45) is 1.21. The number of carbonyl (C=O) groups excluding carboxylic acids is 2. The van der Waals surface area contributed by atoms with E-state index < -0.39 is 11.7 Å². The van der Waals surface area contributed by atoms with Crippen LogP contribution in [-0.2, 0) is 22.5 Å². The largest absolute Gasteiger partial charge is 0.497 e. The Bertz CT molecular complexity index is 1260. The van der Waals surface area contributed by atoms with Gasteiger partial charge in [-0.05, 0) is 84.1 Å². The fraction of sp³-hybridized carbons (Fsp3) is 0.407. The van der Waals surface area contributed by atoms with Crippen molar-refractivity contribution in [1.82, 2.24) is 4.90 Å². The Hall–Kier alpha value is -3.48. The third-order valence-corrected chi connectivity index (χ3v) is 6.26. The highest BCUT2D eigenvalue weighted by Crippen LogP contribution is 2.43. The Kier molecular flexibility index (Phi) is 6.30. The molecule has 1 aliphatic rings. The maximum Gasteiger partial charge on any atom is 0.410 e. The first-order chi connectivity index (χ1) is 16.2. The molecule has 0 N–H and O–H groups in total. The number of benzene rings is 3. The second kappa shape index (κ2) is 9.05. The number of fused-ring (bicyclic) bond motifs is 6. The Labute approximate surface area is 199 Å². The van der Waals surface area contributed by atoms with Gasteiger partial charge in [0.1, 0.15) is 17.6 Å². The molecule has 1 amide bonds. The first kappa shape index (κ1) is 23.7. The number of hydrogen-bond acceptors (Lipinski definition) is 6. The smallest absolute Gasteiger partial charge is 0.410 e. The van der Waals surface area contributed by atoms with Crippen molar-refractivity contribution in [2.24, 2.45) is 0 Å². The Balaban J connectivity index is 1.99. The van der Waals surface area contributed by atoms with Gasteiger partial charge < -0.3 is 28.6 Å². The number of amides is 1. The molecule has 7 heteroatoms. The van der Waals surface area contributed by atoms with E-state index in [9.17, 15) is 9.59 Å². The summed E-state index contributed by atoms with van der Waals surface area (Å²) in [5.41, 5.74) is 1.50. The molecular weight excluding hydrogens is 434 g/mol. The van der Waals surface area contributed by atoms with Crippen LogP contribution in [0.25, 0.3) is 21.5 Å². The van der Waals surface area contributed by atoms with Crippen LogP contribution in [0.2, 0.25) is 0 Å². The van der Waals surface area contributed by atoms with Crippen LogP contribution < -0.4 is 14.2 Å². The molecule has 3 aromatic carbocycles. The predicted octanol–water partition coefficient (Wildman–Crippen LogP) is 5.27. The van der Waals surface area contributed by atoms with E-state index in [2.05, 4.69) is 0 Å². The quantitative estimate of drug-likeness (QED) is 0.378. The molecule has 1 atom stereocenters. The van der Waals surface area contributed by atoms with Gasteiger partial charge in [0, 0.05) is 12.5 Å². The van der Waals surface area contributed by atoms with Crippen LogP contribution in [0.3, 0.4) is 0 Å². The van der Waals surface area contributed by atoms with Gasteiger partial charge in [-0.2, -0.15) is 0 Å². The van der Waals surface area contributed by atoms with Gasteiger partial charge in [0.05, 0.1) is 27.9 Å². The van der Waals surface area contributed by atoms with Gasteiger partial charge in [0.15, 0.2) is 11.5 Å². The summed E-state index contributed by atoms with van der Waals surface area (Å²) in [5.74, 6) is 2.00. The van der Waals surface area contributed by atoms with Gasteiger partial charge in [-0.1, -0.05) is 6.07 Å². The van der Waals surface area contributed by atoms with Crippen molar-refractivity contribution in [3.8, 4) is 17.2 Å².